The number of hydrogen-bond acceptors (Lipinski definition) is 4. The number of amides is 2. The number of rotatable bonds is 7. The van der Waals surface area contributed by atoms with Gasteiger partial charge in [-0.2, -0.15) is 0 Å². The molecule has 0 radical (unpaired) electrons. The third-order valence-electron chi connectivity index (χ3n) is 2.42. The molecule has 7 nitrogen and oxygen atoms in total. The molecule has 0 aliphatic rings. The number of phenols is 1. The number of phenolic OH excluding ortho intramolecular Hbond substituents is 1. The van der Waals surface area contributed by atoms with Gasteiger partial charge in [-0.3, -0.25) is 9.59 Å². The van der Waals surface area contributed by atoms with Crippen LogP contribution in [0.15, 0.2) is 36.4 Å². The molecule has 0 spiro atoms. The number of aromatic hydroxyl groups is 1. The number of carbonyl (C=O) groups is 3. The highest BCUT2D eigenvalue weighted by molar-refractivity contribution is 5.93. The van der Waals surface area contributed by atoms with Gasteiger partial charge in [-0.05, 0) is 17.7 Å². The Morgan fingerprint density at radius 3 is 2.24 bits per heavy atom. The molecule has 112 valence electrons. The zero-order chi connectivity index (χ0) is 15.7. The Labute approximate surface area is 121 Å². The molecule has 2 amide bonds. The summed E-state index contributed by atoms with van der Waals surface area (Å²) in [5.74, 6) is -1.81. The van der Waals surface area contributed by atoms with Gasteiger partial charge in [0.05, 0.1) is 6.42 Å². The second-order valence-electron chi connectivity index (χ2n) is 4.16. The highest BCUT2D eigenvalue weighted by Crippen LogP contribution is 2.09. The number of carboxylic acids is 1. The van der Waals surface area contributed by atoms with Gasteiger partial charge in [-0.1, -0.05) is 12.1 Å². The van der Waals surface area contributed by atoms with Gasteiger partial charge in [-0.15, -0.1) is 0 Å². The highest BCUT2D eigenvalue weighted by Gasteiger charge is 2.03. The lowest BCUT2D eigenvalue weighted by atomic mass is 10.1. The SMILES string of the molecule is O=C(O)/C=C/C(=O)NCCNC(=O)Cc1ccc(O)cc1. The first kappa shape index (κ1) is 16.2. The first-order valence-electron chi connectivity index (χ1n) is 6.21. The van der Waals surface area contributed by atoms with Crippen molar-refractivity contribution in [3.63, 3.8) is 0 Å². The number of carbonyl (C=O) groups excluding carboxylic acids is 2. The fourth-order valence-electron chi connectivity index (χ4n) is 1.46. The molecule has 7 heteroatoms. The molecule has 0 heterocycles. The van der Waals surface area contributed by atoms with Crippen LogP contribution in [0.2, 0.25) is 0 Å². The summed E-state index contributed by atoms with van der Waals surface area (Å²) in [6, 6.07) is 6.29. The average molecular weight is 292 g/mol. The molecular weight excluding hydrogens is 276 g/mol. The van der Waals surface area contributed by atoms with Gasteiger partial charge in [0, 0.05) is 25.2 Å². The maximum absolute atomic E-state index is 11.6. The largest absolute Gasteiger partial charge is 0.508 e. The monoisotopic (exact) mass is 292 g/mol. The van der Waals surface area contributed by atoms with Crippen molar-refractivity contribution in [1.82, 2.24) is 10.6 Å². The van der Waals surface area contributed by atoms with Crippen molar-refractivity contribution in [3.8, 4) is 5.75 Å². The van der Waals surface area contributed by atoms with Crippen molar-refractivity contribution in [2.75, 3.05) is 13.1 Å². The number of nitrogens with one attached hydrogen (secondary N) is 2. The van der Waals surface area contributed by atoms with E-state index < -0.39 is 11.9 Å². The van der Waals surface area contributed by atoms with Crippen LogP contribution in [0.25, 0.3) is 0 Å². The topological polar surface area (TPSA) is 116 Å². The van der Waals surface area contributed by atoms with Crippen LogP contribution in [0.1, 0.15) is 5.56 Å². The molecule has 21 heavy (non-hydrogen) atoms. The smallest absolute Gasteiger partial charge is 0.328 e. The van der Waals surface area contributed by atoms with Crippen LogP contribution in [-0.2, 0) is 20.8 Å². The molecule has 0 bridgehead atoms. The molecule has 0 unspecified atom stereocenters. The lowest BCUT2D eigenvalue weighted by molar-refractivity contribution is -0.131. The predicted octanol–water partition coefficient (Wildman–Crippen LogP) is -0.192. The molecular formula is C14H16N2O5. The van der Waals surface area contributed by atoms with Gasteiger partial charge in [-0.25, -0.2) is 4.79 Å². The number of benzene rings is 1. The van der Waals surface area contributed by atoms with Gasteiger partial charge in [0.1, 0.15) is 5.75 Å². The van der Waals surface area contributed by atoms with Gasteiger partial charge in [0.25, 0.3) is 0 Å². The van der Waals surface area contributed by atoms with Crippen molar-refractivity contribution < 1.29 is 24.6 Å². The third kappa shape index (κ3) is 7.36. The first-order chi connectivity index (χ1) is 9.97. The molecule has 1 rings (SSSR count). The average Bonchev–Trinajstić information content (AvgIpc) is 2.44. The van der Waals surface area contributed by atoms with E-state index >= 15 is 0 Å². The molecule has 0 fully saturated rings. The lowest BCUT2D eigenvalue weighted by Crippen LogP contribution is -2.34. The molecule has 1 aromatic carbocycles. The van der Waals surface area contributed by atoms with Gasteiger partial charge >= 0.3 is 5.97 Å². The zero-order valence-corrected chi connectivity index (χ0v) is 11.2. The van der Waals surface area contributed by atoms with Crippen molar-refractivity contribution in [3.05, 3.63) is 42.0 Å². The molecule has 4 N–H and O–H groups in total. The molecule has 0 saturated heterocycles. The maximum atomic E-state index is 11.6. The minimum Gasteiger partial charge on any atom is -0.508 e. The van der Waals surface area contributed by atoms with E-state index in [1.54, 1.807) is 12.1 Å². The zero-order valence-electron chi connectivity index (χ0n) is 11.2. The third-order valence-corrected chi connectivity index (χ3v) is 2.42. The standard InChI is InChI=1S/C14H16N2O5/c17-11-3-1-10(2-4-11)9-13(19)16-8-7-15-12(18)5-6-14(20)21/h1-6,17H,7-9H2,(H,15,18)(H,16,19)(H,20,21)/b6-5+. The van der Waals surface area contributed by atoms with E-state index in [1.807, 2.05) is 0 Å². The van der Waals surface area contributed by atoms with Gasteiger partial charge in [0.15, 0.2) is 0 Å². The Bertz CT molecular complexity index is 537. The normalized spacial score (nSPS) is 10.3. The number of aliphatic carboxylic acids is 1. The summed E-state index contributed by atoms with van der Waals surface area (Å²) in [5.41, 5.74) is 0.763. The van der Waals surface area contributed by atoms with E-state index in [2.05, 4.69) is 10.6 Å². The Balaban J connectivity index is 2.20. The van der Waals surface area contributed by atoms with E-state index in [0.29, 0.717) is 0 Å². The minimum atomic E-state index is -1.20. The van der Waals surface area contributed by atoms with E-state index in [-0.39, 0.29) is 31.2 Å². The summed E-state index contributed by atoms with van der Waals surface area (Å²) < 4.78 is 0. The lowest BCUT2D eigenvalue weighted by Gasteiger charge is -2.06. The van der Waals surface area contributed by atoms with Crippen LogP contribution in [0.4, 0.5) is 0 Å². The van der Waals surface area contributed by atoms with Crippen LogP contribution >= 0.6 is 0 Å². The van der Waals surface area contributed by atoms with E-state index in [1.165, 1.54) is 12.1 Å². The maximum Gasteiger partial charge on any atom is 0.328 e. The fraction of sp³-hybridized carbons (Fsp3) is 0.214. The van der Waals surface area contributed by atoms with Gasteiger partial charge in [0.2, 0.25) is 11.8 Å². The summed E-state index contributed by atoms with van der Waals surface area (Å²) in [6.07, 6.45) is 1.81. The van der Waals surface area contributed by atoms with Gasteiger partial charge < -0.3 is 20.8 Å². The first-order valence-corrected chi connectivity index (χ1v) is 6.21. The van der Waals surface area contributed by atoms with Crippen molar-refractivity contribution in [1.29, 1.82) is 0 Å². The molecule has 1 aromatic rings. The summed E-state index contributed by atoms with van der Waals surface area (Å²) >= 11 is 0. The summed E-state index contributed by atoms with van der Waals surface area (Å²) in [5, 5.41) is 22.5. The van der Waals surface area contributed by atoms with Crippen LogP contribution < -0.4 is 10.6 Å². The summed E-state index contributed by atoms with van der Waals surface area (Å²) in [6.45, 7) is 0.438. The predicted molar refractivity (Wildman–Crippen MR) is 74.6 cm³/mol. The second kappa shape index (κ2) is 8.36. The minimum absolute atomic E-state index is 0.135. The van der Waals surface area contributed by atoms with E-state index in [0.717, 1.165) is 17.7 Å². The Kier molecular flexibility index (Phi) is 6.46. The van der Waals surface area contributed by atoms with Crippen LogP contribution in [0.5, 0.6) is 5.75 Å². The van der Waals surface area contributed by atoms with Crippen LogP contribution in [0, 0.1) is 0 Å². The van der Waals surface area contributed by atoms with Crippen LogP contribution in [-0.4, -0.2) is 41.1 Å². The number of carboxylic acid groups (broad SMARTS) is 1. The summed E-state index contributed by atoms with van der Waals surface area (Å²) in [4.78, 5) is 32.9. The second-order valence-corrected chi connectivity index (χ2v) is 4.16. The Morgan fingerprint density at radius 2 is 1.62 bits per heavy atom. The molecule has 0 aliphatic carbocycles. The fourth-order valence-corrected chi connectivity index (χ4v) is 1.46. The van der Waals surface area contributed by atoms with Crippen molar-refractivity contribution >= 4 is 17.8 Å². The Morgan fingerprint density at radius 1 is 1.00 bits per heavy atom. The van der Waals surface area contributed by atoms with E-state index in [4.69, 9.17) is 10.2 Å². The number of hydrogen-bond donors (Lipinski definition) is 4. The molecule has 0 aliphatic heterocycles. The van der Waals surface area contributed by atoms with Crippen LogP contribution in [0.3, 0.4) is 0 Å². The van der Waals surface area contributed by atoms with E-state index in [9.17, 15) is 14.4 Å². The highest BCUT2D eigenvalue weighted by atomic mass is 16.4. The quantitative estimate of drug-likeness (QED) is 0.410. The Hall–Kier alpha value is -2.83. The molecule has 0 aromatic heterocycles. The summed E-state index contributed by atoms with van der Waals surface area (Å²) in [7, 11) is 0. The van der Waals surface area contributed by atoms with Crippen molar-refractivity contribution in [2.45, 2.75) is 6.42 Å². The molecule has 0 saturated carbocycles. The molecule has 0 atom stereocenters. The van der Waals surface area contributed by atoms with Crippen molar-refractivity contribution in [2.24, 2.45) is 0 Å².